The van der Waals surface area contributed by atoms with Crippen molar-refractivity contribution >= 4 is 11.9 Å². The zero-order valence-corrected chi connectivity index (χ0v) is 6.23. The number of esters is 1. The standard InChI is InChI=1S/C7H6O5/c1-11-7(10)4-2-3-12-5(4)6(8)9/h2-3H,1H3,(H,8,9). The van der Waals surface area contributed by atoms with Crippen LogP contribution in [-0.2, 0) is 4.74 Å². The van der Waals surface area contributed by atoms with Gasteiger partial charge in [-0.05, 0) is 6.07 Å². The number of hydrogen-bond donors (Lipinski definition) is 1. The third-order valence-electron chi connectivity index (χ3n) is 1.26. The highest BCUT2D eigenvalue weighted by Crippen LogP contribution is 2.11. The molecule has 0 spiro atoms. The van der Waals surface area contributed by atoms with Crippen LogP contribution in [0.5, 0.6) is 0 Å². The van der Waals surface area contributed by atoms with E-state index in [9.17, 15) is 9.59 Å². The average molecular weight is 170 g/mol. The summed E-state index contributed by atoms with van der Waals surface area (Å²) in [5, 5.41) is 8.50. The molecule has 0 aliphatic rings. The molecule has 0 bridgehead atoms. The van der Waals surface area contributed by atoms with Gasteiger partial charge in [-0.15, -0.1) is 0 Å². The molecular weight excluding hydrogens is 164 g/mol. The molecule has 0 saturated carbocycles. The van der Waals surface area contributed by atoms with Crippen LogP contribution in [0, 0.1) is 0 Å². The summed E-state index contributed by atoms with van der Waals surface area (Å²) < 4.78 is 8.87. The molecule has 12 heavy (non-hydrogen) atoms. The minimum absolute atomic E-state index is 0.0787. The van der Waals surface area contributed by atoms with E-state index in [-0.39, 0.29) is 5.56 Å². The Hall–Kier alpha value is -1.78. The third-order valence-corrected chi connectivity index (χ3v) is 1.26. The number of methoxy groups -OCH3 is 1. The van der Waals surface area contributed by atoms with Gasteiger partial charge in [-0.25, -0.2) is 9.59 Å². The van der Waals surface area contributed by atoms with Crippen LogP contribution in [0.2, 0.25) is 0 Å². The van der Waals surface area contributed by atoms with Crippen molar-refractivity contribution in [2.75, 3.05) is 7.11 Å². The fourth-order valence-electron chi connectivity index (χ4n) is 0.746. The first-order chi connectivity index (χ1) is 5.66. The number of carboxylic acids is 1. The van der Waals surface area contributed by atoms with Crippen molar-refractivity contribution < 1.29 is 23.8 Å². The summed E-state index contributed by atoms with van der Waals surface area (Å²) in [6.45, 7) is 0. The molecule has 0 fully saturated rings. The zero-order chi connectivity index (χ0) is 9.14. The summed E-state index contributed by atoms with van der Waals surface area (Å²) in [4.78, 5) is 21.3. The summed E-state index contributed by atoms with van der Waals surface area (Å²) >= 11 is 0. The van der Waals surface area contributed by atoms with Gasteiger partial charge in [0.2, 0.25) is 5.76 Å². The van der Waals surface area contributed by atoms with Gasteiger partial charge >= 0.3 is 11.9 Å². The highest BCUT2D eigenvalue weighted by molar-refractivity contribution is 6.00. The second-order valence-corrected chi connectivity index (χ2v) is 1.96. The first-order valence-electron chi connectivity index (χ1n) is 3.06. The quantitative estimate of drug-likeness (QED) is 0.663. The van der Waals surface area contributed by atoms with Crippen LogP contribution < -0.4 is 0 Å². The Morgan fingerprint density at radius 3 is 2.75 bits per heavy atom. The Bertz CT molecular complexity index is 311. The van der Waals surface area contributed by atoms with E-state index in [2.05, 4.69) is 9.15 Å². The number of carboxylic acid groups (broad SMARTS) is 1. The smallest absolute Gasteiger partial charge is 0.372 e. The topological polar surface area (TPSA) is 76.7 Å². The van der Waals surface area contributed by atoms with Crippen LogP contribution in [0.1, 0.15) is 20.9 Å². The van der Waals surface area contributed by atoms with Gasteiger partial charge < -0.3 is 14.3 Å². The molecular formula is C7H6O5. The van der Waals surface area contributed by atoms with Gasteiger partial charge in [-0.2, -0.15) is 0 Å². The number of ether oxygens (including phenoxy) is 1. The molecule has 5 heteroatoms. The molecule has 0 atom stereocenters. The number of carbonyl (C=O) groups excluding carboxylic acids is 1. The zero-order valence-electron chi connectivity index (χ0n) is 6.23. The lowest BCUT2D eigenvalue weighted by Gasteiger charge is -1.94. The second-order valence-electron chi connectivity index (χ2n) is 1.96. The molecule has 1 N–H and O–H groups in total. The molecule has 0 aromatic carbocycles. The minimum atomic E-state index is -1.29. The van der Waals surface area contributed by atoms with Crippen LogP contribution >= 0.6 is 0 Å². The number of hydrogen-bond acceptors (Lipinski definition) is 4. The number of furan rings is 1. The SMILES string of the molecule is COC(=O)c1ccoc1C(=O)O. The van der Waals surface area contributed by atoms with E-state index in [1.54, 1.807) is 0 Å². The van der Waals surface area contributed by atoms with Crippen molar-refractivity contribution in [3.63, 3.8) is 0 Å². The molecule has 0 saturated heterocycles. The maximum atomic E-state index is 10.9. The van der Waals surface area contributed by atoms with Crippen LogP contribution in [0.3, 0.4) is 0 Å². The molecule has 0 radical (unpaired) electrons. The van der Waals surface area contributed by atoms with E-state index in [0.717, 1.165) is 6.26 Å². The van der Waals surface area contributed by atoms with Gasteiger partial charge in [0.15, 0.2) is 0 Å². The van der Waals surface area contributed by atoms with Crippen molar-refractivity contribution in [3.05, 3.63) is 23.7 Å². The van der Waals surface area contributed by atoms with Crippen LogP contribution in [0.4, 0.5) is 0 Å². The molecule has 0 unspecified atom stereocenters. The Morgan fingerprint density at radius 1 is 1.58 bits per heavy atom. The predicted octanol–water partition coefficient (Wildman–Crippen LogP) is 0.764. The van der Waals surface area contributed by atoms with E-state index >= 15 is 0 Å². The van der Waals surface area contributed by atoms with Gasteiger partial charge in [0.25, 0.3) is 0 Å². The molecule has 0 aliphatic heterocycles. The minimum Gasteiger partial charge on any atom is -0.475 e. The van der Waals surface area contributed by atoms with Gasteiger partial charge in [0.05, 0.1) is 13.4 Å². The average Bonchev–Trinajstić information content (AvgIpc) is 2.50. The van der Waals surface area contributed by atoms with E-state index in [1.165, 1.54) is 13.2 Å². The van der Waals surface area contributed by atoms with Gasteiger partial charge in [0.1, 0.15) is 5.56 Å². The van der Waals surface area contributed by atoms with Crippen LogP contribution in [0.15, 0.2) is 16.7 Å². The summed E-state index contributed by atoms with van der Waals surface area (Å²) in [5.41, 5.74) is -0.0787. The molecule has 64 valence electrons. The fraction of sp³-hybridized carbons (Fsp3) is 0.143. The Balaban J connectivity index is 3.07. The van der Waals surface area contributed by atoms with Gasteiger partial charge in [-0.1, -0.05) is 0 Å². The fourth-order valence-corrected chi connectivity index (χ4v) is 0.746. The highest BCUT2D eigenvalue weighted by atomic mass is 16.5. The largest absolute Gasteiger partial charge is 0.475 e. The maximum Gasteiger partial charge on any atom is 0.372 e. The first kappa shape index (κ1) is 8.32. The van der Waals surface area contributed by atoms with Gasteiger partial charge in [-0.3, -0.25) is 0 Å². The molecule has 1 rings (SSSR count). The van der Waals surface area contributed by atoms with Crippen molar-refractivity contribution in [2.45, 2.75) is 0 Å². The summed E-state index contributed by atoms with van der Waals surface area (Å²) in [6, 6.07) is 1.25. The lowest BCUT2D eigenvalue weighted by Crippen LogP contribution is -2.06. The Morgan fingerprint density at radius 2 is 2.25 bits per heavy atom. The van der Waals surface area contributed by atoms with Crippen LogP contribution in [-0.4, -0.2) is 24.2 Å². The normalized spacial score (nSPS) is 9.42. The van der Waals surface area contributed by atoms with E-state index < -0.39 is 17.7 Å². The molecule has 1 aromatic heterocycles. The number of carbonyl (C=O) groups is 2. The molecule has 1 heterocycles. The van der Waals surface area contributed by atoms with Crippen molar-refractivity contribution in [1.82, 2.24) is 0 Å². The second kappa shape index (κ2) is 3.08. The summed E-state index contributed by atoms with van der Waals surface area (Å²) in [5.74, 6) is -2.41. The van der Waals surface area contributed by atoms with Crippen molar-refractivity contribution in [2.24, 2.45) is 0 Å². The lowest BCUT2D eigenvalue weighted by molar-refractivity contribution is 0.0571. The molecule has 5 nitrogen and oxygen atoms in total. The van der Waals surface area contributed by atoms with Crippen molar-refractivity contribution in [3.8, 4) is 0 Å². The Kier molecular flexibility index (Phi) is 2.14. The number of aromatic carboxylic acids is 1. The molecule has 0 aliphatic carbocycles. The monoisotopic (exact) mass is 170 g/mol. The lowest BCUT2D eigenvalue weighted by atomic mass is 10.2. The predicted molar refractivity (Wildman–Crippen MR) is 37.0 cm³/mol. The summed E-state index contributed by atoms with van der Waals surface area (Å²) in [6.07, 6.45) is 1.12. The molecule has 1 aromatic rings. The van der Waals surface area contributed by atoms with E-state index in [1.807, 2.05) is 0 Å². The molecule has 0 amide bonds. The highest BCUT2D eigenvalue weighted by Gasteiger charge is 2.20. The van der Waals surface area contributed by atoms with E-state index in [0.29, 0.717) is 0 Å². The summed E-state index contributed by atoms with van der Waals surface area (Å²) in [7, 11) is 1.17. The first-order valence-corrected chi connectivity index (χ1v) is 3.06. The van der Waals surface area contributed by atoms with Gasteiger partial charge in [0, 0.05) is 0 Å². The van der Waals surface area contributed by atoms with E-state index in [4.69, 9.17) is 5.11 Å². The number of rotatable bonds is 2. The maximum absolute atomic E-state index is 10.9. The third kappa shape index (κ3) is 1.29. The van der Waals surface area contributed by atoms with Crippen LogP contribution in [0.25, 0.3) is 0 Å². The Labute approximate surface area is 67.6 Å². The van der Waals surface area contributed by atoms with Crippen molar-refractivity contribution in [1.29, 1.82) is 0 Å².